The molecule has 0 unspecified atom stereocenters. The lowest BCUT2D eigenvalue weighted by molar-refractivity contribution is 0.299. The summed E-state index contributed by atoms with van der Waals surface area (Å²) in [4.78, 5) is 10.8. The van der Waals surface area contributed by atoms with E-state index in [1.165, 1.54) is 5.56 Å². The molecule has 0 amide bonds. The summed E-state index contributed by atoms with van der Waals surface area (Å²) in [6.45, 7) is 3.46. The smallest absolute Gasteiger partial charge is 0.257 e. The van der Waals surface area contributed by atoms with Crippen molar-refractivity contribution < 1.29 is 4.52 Å². The topological polar surface area (TPSA) is 55.1 Å². The highest BCUT2D eigenvalue weighted by Gasteiger charge is 2.11. The Morgan fingerprint density at radius 3 is 2.71 bits per heavy atom. The standard InChI is InChI=1S/C15H16N4OS/c1-11-3-5-12(6-4-11)15-17-14(18-20-15)8-19(2)7-13-9-21-10-16-13/h3-6,9-10H,7-8H2,1-2H3. The SMILES string of the molecule is Cc1ccc(-c2nc(CN(C)Cc3cscn3)no2)cc1. The molecule has 0 bridgehead atoms. The zero-order chi connectivity index (χ0) is 14.7. The first-order chi connectivity index (χ1) is 10.2. The van der Waals surface area contributed by atoms with Gasteiger partial charge in [-0.25, -0.2) is 4.98 Å². The average Bonchev–Trinajstić information content (AvgIpc) is 3.11. The van der Waals surface area contributed by atoms with Gasteiger partial charge in [-0.3, -0.25) is 4.90 Å². The molecule has 21 heavy (non-hydrogen) atoms. The van der Waals surface area contributed by atoms with Crippen molar-refractivity contribution in [1.29, 1.82) is 0 Å². The van der Waals surface area contributed by atoms with Gasteiger partial charge in [0.1, 0.15) is 0 Å². The monoisotopic (exact) mass is 300 g/mol. The van der Waals surface area contributed by atoms with Crippen LogP contribution in [0, 0.1) is 6.92 Å². The average molecular weight is 300 g/mol. The largest absolute Gasteiger partial charge is 0.334 e. The summed E-state index contributed by atoms with van der Waals surface area (Å²) in [7, 11) is 2.02. The molecule has 0 saturated heterocycles. The van der Waals surface area contributed by atoms with Gasteiger partial charge < -0.3 is 4.52 Å². The number of aromatic nitrogens is 3. The fourth-order valence-electron chi connectivity index (χ4n) is 2.02. The van der Waals surface area contributed by atoms with E-state index < -0.39 is 0 Å². The second kappa shape index (κ2) is 6.15. The van der Waals surface area contributed by atoms with E-state index in [1.807, 2.05) is 42.2 Å². The van der Waals surface area contributed by atoms with Crippen LogP contribution in [-0.2, 0) is 13.1 Å². The summed E-state index contributed by atoms with van der Waals surface area (Å²) in [5.74, 6) is 1.25. The van der Waals surface area contributed by atoms with Gasteiger partial charge in [-0.1, -0.05) is 22.9 Å². The highest BCUT2D eigenvalue weighted by molar-refractivity contribution is 7.07. The Labute approximate surface area is 127 Å². The zero-order valence-electron chi connectivity index (χ0n) is 12.0. The Hall–Kier alpha value is -2.05. The lowest BCUT2D eigenvalue weighted by atomic mass is 10.1. The Balaban J connectivity index is 1.66. The molecule has 3 rings (SSSR count). The number of thiazole rings is 1. The summed E-state index contributed by atoms with van der Waals surface area (Å²) in [6.07, 6.45) is 0. The molecule has 2 heterocycles. The normalized spacial score (nSPS) is 11.2. The maximum Gasteiger partial charge on any atom is 0.257 e. The van der Waals surface area contributed by atoms with E-state index in [0.717, 1.165) is 17.8 Å². The summed E-state index contributed by atoms with van der Waals surface area (Å²) in [5.41, 5.74) is 5.06. The number of nitrogens with zero attached hydrogens (tertiary/aromatic N) is 4. The molecule has 3 aromatic rings. The Kier molecular flexibility index (Phi) is 4.08. The van der Waals surface area contributed by atoms with Crippen LogP contribution in [0.15, 0.2) is 39.7 Å². The van der Waals surface area contributed by atoms with E-state index in [4.69, 9.17) is 4.52 Å². The van der Waals surface area contributed by atoms with Gasteiger partial charge in [-0.15, -0.1) is 11.3 Å². The number of rotatable bonds is 5. The maximum atomic E-state index is 5.33. The van der Waals surface area contributed by atoms with Gasteiger partial charge in [-0.05, 0) is 26.1 Å². The van der Waals surface area contributed by atoms with Crippen LogP contribution in [0.1, 0.15) is 17.1 Å². The summed E-state index contributed by atoms with van der Waals surface area (Å²) >= 11 is 1.60. The van der Waals surface area contributed by atoms with Gasteiger partial charge in [0.15, 0.2) is 5.82 Å². The molecule has 5 nitrogen and oxygen atoms in total. The van der Waals surface area contributed by atoms with Crippen molar-refractivity contribution in [1.82, 2.24) is 20.0 Å². The van der Waals surface area contributed by atoms with Gasteiger partial charge in [0.2, 0.25) is 0 Å². The third-order valence-electron chi connectivity index (χ3n) is 3.09. The first-order valence-electron chi connectivity index (χ1n) is 6.66. The fourth-order valence-corrected chi connectivity index (χ4v) is 2.57. The second-order valence-electron chi connectivity index (χ2n) is 5.03. The molecule has 0 spiro atoms. The molecule has 0 aliphatic rings. The minimum Gasteiger partial charge on any atom is -0.334 e. The van der Waals surface area contributed by atoms with Gasteiger partial charge in [-0.2, -0.15) is 4.98 Å². The number of hydrogen-bond donors (Lipinski definition) is 0. The molecule has 2 aromatic heterocycles. The maximum absolute atomic E-state index is 5.33. The predicted molar refractivity (Wildman–Crippen MR) is 81.8 cm³/mol. The van der Waals surface area contributed by atoms with Gasteiger partial charge in [0, 0.05) is 17.5 Å². The molecular formula is C15H16N4OS. The van der Waals surface area contributed by atoms with Crippen LogP contribution >= 0.6 is 11.3 Å². The predicted octanol–water partition coefficient (Wildman–Crippen LogP) is 3.13. The van der Waals surface area contributed by atoms with Crippen molar-refractivity contribution >= 4 is 11.3 Å². The van der Waals surface area contributed by atoms with Gasteiger partial charge in [0.05, 0.1) is 17.7 Å². The van der Waals surface area contributed by atoms with Crippen molar-refractivity contribution in [3.8, 4) is 11.5 Å². The van der Waals surface area contributed by atoms with Crippen LogP contribution in [-0.4, -0.2) is 27.1 Å². The molecule has 108 valence electrons. The minimum atomic E-state index is 0.562. The Morgan fingerprint density at radius 1 is 1.19 bits per heavy atom. The first-order valence-corrected chi connectivity index (χ1v) is 7.60. The van der Waals surface area contributed by atoms with Crippen molar-refractivity contribution in [3.05, 3.63) is 52.2 Å². The summed E-state index contributed by atoms with van der Waals surface area (Å²) in [5, 5.41) is 6.08. The van der Waals surface area contributed by atoms with E-state index in [-0.39, 0.29) is 0 Å². The van der Waals surface area contributed by atoms with E-state index >= 15 is 0 Å². The van der Waals surface area contributed by atoms with Crippen molar-refractivity contribution in [2.75, 3.05) is 7.05 Å². The summed E-state index contributed by atoms with van der Waals surface area (Å²) in [6, 6.07) is 8.05. The molecule has 0 fully saturated rings. The lowest BCUT2D eigenvalue weighted by Gasteiger charge is -2.11. The molecule has 0 saturated carbocycles. The molecule has 1 aromatic carbocycles. The number of aryl methyl sites for hydroxylation is 1. The lowest BCUT2D eigenvalue weighted by Crippen LogP contribution is -2.18. The van der Waals surface area contributed by atoms with Crippen LogP contribution in [0.2, 0.25) is 0 Å². The molecule has 0 aliphatic heterocycles. The van der Waals surface area contributed by atoms with Crippen molar-refractivity contribution in [3.63, 3.8) is 0 Å². The quantitative estimate of drug-likeness (QED) is 0.724. The highest BCUT2D eigenvalue weighted by atomic mass is 32.1. The van der Waals surface area contributed by atoms with Crippen LogP contribution < -0.4 is 0 Å². The molecule has 0 atom stereocenters. The Bertz CT molecular complexity index is 691. The van der Waals surface area contributed by atoms with Crippen molar-refractivity contribution in [2.24, 2.45) is 0 Å². The van der Waals surface area contributed by atoms with Crippen LogP contribution in [0.3, 0.4) is 0 Å². The number of benzene rings is 1. The fraction of sp³-hybridized carbons (Fsp3) is 0.267. The van der Waals surface area contributed by atoms with Gasteiger partial charge in [0.25, 0.3) is 5.89 Å². The van der Waals surface area contributed by atoms with E-state index in [9.17, 15) is 0 Å². The van der Waals surface area contributed by atoms with E-state index in [2.05, 4.69) is 26.9 Å². The summed E-state index contributed by atoms with van der Waals surface area (Å²) < 4.78 is 5.33. The van der Waals surface area contributed by atoms with Crippen molar-refractivity contribution in [2.45, 2.75) is 20.0 Å². The molecule has 0 aliphatic carbocycles. The van der Waals surface area contributed by atoms with Crippen LogP contribution in [0.5, 0.6) is 0 Å². The van der Waals surface area contributed by atoms with Crippen LogP contribution in [0.4, 0.5) is 0 Å². The minimum absolute atomic E-state index is 0.562. The van der Waals surface area contributed by atoms with Gasteiger partial charge >= 0.3 is 0 Å². The highest BCUT2D eigenvalue weighted by Crippen LogP contribution is 2.18. The number of hydrogen-bond acceptors (Lipinski definition) is 6. The molecule has 6 heteroatoms. The molecule has 0 radical (unpaired) electrons. The first kappa shape index (κ1) is 13.9. The van der Waals surface area contributed by atoms with Crippen LogP contribution in [0.25, 0.3) is 11.5 Å². The van der Waals surface area contributed by atoms with E-state index in [0.29, 0.717) is 18.3 Å². The third-order valence-corrected chi connectivity index (χ3v) is 3.73. The molecular weight excluding hydrogens is 284 g/mol. The zero-order valence-corrected chi connectivity index (χ0v) is 12.8. The van der Waals surface area contributed by atoms with E-state index in [1.54, 1.807) is 11.3 Å². The molecule has 0 N–H and O–H groups in total. The Morgan fingerprint density at radius 2 is 2.00 bits per heavy atom. The second-order valence-corrected chi connectivity index (χ2v) is 5.75. The third kappa shape index (κ3) is 3.53.